The Morgan fingerprint density at radius 2 is 2.41 bits per heavy atom. The molecular formula is C12H16N4O. The second-order valence-electron chi connectivity index (χ2n) is 4.60. The fourth-order valence-electron chi connectivity index (χ4n) is 2.32. The highest BCUT2D eigenvalue weighted by Gasteiger charge is 2.16. The van der Waals surface area contributed by atoms with Crippen LogP contribution in [-0.4, -0.2) is 28.2 Å². The van der Waals surface area contributed by atoms with E-state index in [-0.39, 0.29) is 0 Å². The number of rotatable bonds is 2. The number of ether oxygens (including phenoxy) is 1. The zero-order valence-electron chi connectivity index (χ0n) is 9.67. The Morgan fingerprint density at radius 3 is 3.24 bits per heavy atom. The number of nitrogen functional groups attached to an aromatic ring is 1. The lowest BCUT2D eigenvalue weighted by molar-refractivity contribution is 0.0473. The summed E-state index contributed by atoms with van der Waals surface area (Å²) >= 11 is 0. The smallest absolute Gasteiger partial charge is 0.115 e. The SMILES string of the molecule is Nc1ccc2c(c1)nnn2CC1CCCOC1. The third kappa shape index (κ3) is 2.10. The van der Waals surface area contributed by atoms with Crippen LogP contribution in [0.5, 0.6) is 0 Å². The van der Waals surface area contributed by atoms with E-state index in [1.54, 1.807) is 0 Å². The van der Waals surface area contributed by atoms with E-state index in [0.29, 0.717) is 5.92 Å². The van der Waals surface area contributed by atoms with Crippen molar-refractivity contribution in [2.24, 2.45) is 5.92 Å². The second kappa shape index (κ2) is 4.33. The molecule has 1 atom stereocenters. The fourth-order valence-corrected chi connectivity index (χ4v) is 2.32. The average Bonchev–Trinajstić information content (AvgIpc) is 2.73. The number of fused-ring (bicyclic) bond motifs is 1. The molecule has 1 aliphatic rings. The fraction of sp³-hybridized carbons (Fsp3) is 0.500. The van der Waals surface area contributed by atoms with Crippen LogP contribution in [0.15, 0.2) is 18.2 Å². The number of nitrogens with zero attached hydrogens (tertiary/aromatic N) is 3. The van der Waals surface area contributed by atoms with Crippen molar-refractivity contribution < 1.29 is 4.74 Å². The first kappa shape index (κ1) is 10.5. The van der Waals surface area contributed by atoms with Crippen molar-refractivity contribution in [3.05, 3.63) is 18.2 Å². The van der Waals surface area contributed by atoms with Gasteiger partial charge in [0.2, 0.25) is 0 Å². The molecule has 1 aromatic carbocycles. The van der Waals surface area contributed by atoms with Crippen LogP contribution in [-0.2, 0) is 11.3 Å². The molecule has 1 aliphatic heterocycles. The minimum absolute atomic E-state index is 0.547. The Balaban J connectivity index is 1.84. The second-order valence-corrected chi connectivity index (χ2v) is 4.60. The molecule has 5 nitrogen and oxygen atoms in total. The van der Waals surface area contributed by atoms with Gasteiger partial charge in [-0.2, -0.15) is 0 Å². The molecule has 3 rings (SSSR count). The molecule has 0 amide bonds. The maximum Gasteiger partial charge on any atom is 0.115 e. The van der Waals surface area contributed by atoms with Crippen molar-refractivity contribution in [1.29, 1.82) is 0 Å². The van der Waals surface area contributed by atoms with E-state index in [2.05, 4.69) is 10.3 Å². The third-order valence-electron chi connectivity index (χ3n) is 3.22. The van der Waals surface area contributed by atoms with Gasteiger partial charge >= 0.3 is 0 Å². The van der Waals surface area contributed by atoms with Gasteiger partial charge in [0.25, 0.3) is 0 Å². The summed E-state index contributed by atoms with van der Waals surface area (Å²) in [6.07, 6.45) is 2.35. The summed E-state index contributed by atoms with van der Waals surface area (Å²) in [5.74, 6) is 0.547. The Morgan fingerprint density at radius 1 is 1.47 bits per heavy atom. The number of nitrogens with two attached hydrogens (primary N) is 1. The number of anilines is 1. The van der Waals surface area contributed by atoms with Crippen molar-refractivity contribution in [1.82, 2.24) is 15.0 Å². The Kier molecular flexibility index (Phi) is 2.68. The first-order chi connectivity index (χ1) is 8.33. The van der Waals surface area contributed by atoms with Crippen LogP contribution in [0.4, 0.5) is 5.69 Å². The van der Waals surface area contributed by atoms with Crippen molar-refractivity contribution in [2.45, 2.75) is 19.4 Å². The summed E-state index contributed by atoms with van der Waals surface area (Å²) in [4.78, 5) is 0. The zero-order valence-corrected chi connectivity index (χ0v) is 9.67. The number of hydrogen-bond donors (Lipinski definition) is 1. The van der Waals surface area contributed by atoms with E-state index in [0.717, 1.165) is 42.9 Å². The summed E-state index contributed by atoms with van der Waals surface area (Å²) in [5.41, 5.74) is 8.36. The minimum atomic E-state index is 0.547. The quantitative estimate of drug-likeness (QED) is 0.796. The van der Waals surface area contributed by atoms with Crippen LogP contribution < -0.4 is 5.73 Å². The molecule has 2 N–H and O–H groups in total. The summed E-state index contributed by atoms with van der Waals surface area (Å²) in [5, 5.41) is 8.32. The van der Waals surface area contributed by atoms with Gasteiger partial charge < -0.3 is 10.5 Å². The Bertz CT molecular complexity index is 516. The highest BCUT2D eigenvalue weighted by atomic mass is 16.5. The highest BCUT2D eigenvalue weighted by molar-refractivity contribution is 5.77. The van der Waals surface area contributed by atoms with E-state index in [1.807, 2.05) is 22.9 Å². The maximum atomic E-state index is 5.72. The molecule has 1 saturated heterocycles. The predicted molar refractivity (Wildman–Crippen MR) is 65.5 cm³/mol. The van der Waals surface area contributed by atoms with E-state index < -0.39 is 0 Å². The summed E-state index contributed by atoms with van der Waals surface area (Å²) < 4.78 is 7.43. The third-order valence-corrected chi connectivity index (χ3v) is 3.22. The largest absolute Gasteiger partial charge is 0.399 e. The molecule has 5 heteroatoms. The lowest BCUT2D eigenvalue weighted by Crippen LogP contribution is -2.22. The van der Waals surface area contributed by atoms with Gasteiger partial charge in [0.15, 0.2) is 0 Å². The molecule has 1 unspecified atom stereocenters. The number of hydrogen-bond acceptors (Lipinski definition) is 4. The standard InChI is InChI=1S/C12H16N4O/c13-10-3-4-12-11(6-10)14-15-16(12)7-9-2-1-5-17-8-9/h3-4,6,9H,1-2,5,7-8,13H2. The van der Waals surface area contributed by atoms with Gasteiger partial charge in [-0.3, -0.25) is 0 Å². The monoisotopic (exact) mass is 232 g/mol. The van der Waals surface area contributed by atoms with Gasteiger partial charge in [0, 0.05) is 24.8 Å². The molecule has 17 heavy (non-hydrogen) atoms. The van der Waals surface area contributed by atoms with Crippen LogP contribution in [0.2, 0.25) is 0 Å². The van der Waals surface area contributed by atoms with Gasteiger partial charge in [-0.15, -0.1) is 5.10 Å². The summed E-state index contributed by atoms with van der Waals surface area (Å²) in [6.45, 7) is 2.60. The van der Waals surface area contributed by atoms with Crippen molar-refractivity contribution in [2.75, 3.05) is 18.9 Å². The lowest BCUT2D eigenvalue weighted by atomic mass is 10.0. The number of aromatic nitrogens is 3. The van der Waals surface area contributed by atoms with Gasteiger partial charge in [0.05, 0.1) is 12.1 Å². The van der Waals surface area contributed by atoms with Gasteiger partial charge in [-0.1, -0.05) is 5.21 Å². The van der Waals surface area contributed by atoms with Crippen molar-refractivity contribution >= 4 is 16.7 Å². The Hall–Kier alpha value is -1.62. The first-order valence-corrected chi connectivity index (χ1v) is 5.99. The highest BCUT2D eigenvalue weighted by Crippen LogP contribution is 2.19. The molecular weight excluding hydrogens is 216 g/mol. The van der Waals surface area contributed by atoms with Crippen molar-refractivity contribution in [3.8, 4) is 0 Å². The minimum Gasteiger partial charge on any atom is -0.399 e. The molecule has 0 saturated carbocycles. The molecule has 0 radical (unpaired) electrons. The van der Waals surface area contributed by atoms with Gasteiger partial charge in [0.1, 0.15) is 5.52 Å². The molecule has 2 heterocycles. The topological polar surface area (TPSA) is 66.0 Å². The molecule has 0 aliphatic carbocycles. The molecule has 2 aromatic rings. The summed E-state index contributed by atoms with van der Waals surface area (Å²) in [6, 6.07) is 5.73. The average molecular weight is 232 g/mol. The van der Waals surface area contributed by atoms with Crippen LogP contribution >= 0.6 is 0 Å². The van der Waals surface area contributed by atoms with Crippen LogP contribution in [0.3, 0.4) is 0 Å². The summed E-state index contributed by atoms with van der Waals surface area (Å²) in [7, 11) is 0. The van der Waals surface area contributed by atoms with Crippen molar-refractivity contribution in [3.63, 3.8) is 0 Å². The molecule has 1 aromatic heterocycles. The van der Waals surface area contributed by atoms with E-state index in [1.165, 1.54) is 6.42 Å². The molecule has 0 spiro atoms. The van der Waals surface area contributed by atoms with Crippen LogP contribution in [0, 0.1) is 5.92 Å². The number of benzene rings is 1. The molecule has 90 valence electrons. The van der Waals surface area contributed by atoms with E-state index in [9.17, 15) is 0 Å². The van der Waals surface area contributed by atoms with Gasteiger partial charge in [-0.25, -0.2) is 4.68 Å². The van der Waals surface area contributed by atoms with Crippen LogP contribution in [0.25, 0.3) is 11.0 Å². The zero-order chi connectivity index (χ0) is 11.7. The van der Waals surface area contributed by atoms with E-state index >= 15 is 0 Å². The normalized spacial score (nSPS) is 20.8. The molecule has 0 bridgehead atoms. The van der Waals surface area contributed by atoms with Crippen LogP contribution in [0.1, 0.15) is 12.8 Å². The van der Waals surface area contributed by atoms with E-state index in [4.69, 9.17) is 10.5 Å². The first-order valence-electron chi connectivity index (χ1n) is 5.99. The maximum absolute atomic E-state index is 5.72. The predicted octanol–water partition coefficient (Wildman–Crippen LogP) is 1.44. The van der Waals surface area contributed by atoms with Gasteiger partial charge in [-0.05, 0) is 31.0 Å². The Labute approximate surface area is 99.5 Å². The lowest BCUT2D eigenvalue weighted by Gasteiger charge is -2.21. The molecule has 1 fully saturated rings.